The first-order valence-electron chi connectivity index (χ1n) is 7.86. The number of para-hydroxylation sites is 1. The number of carbonyl (C=O) groups is 1. The molecular formula is C17H26N2O3. The van der Waals surface area contributed by atoms with E-state index in [4.69, 9.17) is 9.47 Å². The molecule has 1 saturated carbocycles. The van der Waals surface area contributed by atoms with Crippen molar-refractivity contribution in [2.24, 2.45) is 0 Å². The lowest BCUT2D eigenvalue weighted by Crippen LogP contribution is -2.38. The number of nitrogens with zero attached hydrogens (tertiary/aromatic N) is 1. The normalized spacial score (nSPS) is 14.1. The predicted molar refractivity (Wildman–Crippen MR) is 85.9 cm³/mol. The molecule has 0 unspecified atom stereocenters. The van der Waals surface area contributed by atoms with E-state index >= 15 is 0 Å². The first-order valence-corrected chi connectivity index (χ1v) is 7.86. The molecule has 0 bridgehead atoms. The van der Waals surface area contributed by atoms with Gasteiger partial charge in [-0.25, -0.2) is 0 Å². The molecule has 1 fully saturated rings. The van der Waals surface area contributed by atoms with E-state index in [0.717, 1.165) is 24.3 Å². The second-order valence-corrected chi connectivity index (χ2v) is 5.64. The molecule has 0 atom stereocenters. The highest BCUT2D eigenvalue weighted by atomic mass is 16.5. The Balaban J connectivity index is 1.86. The van der Waals surface area contributed by atoms with Crippen molar-refractivity contribution in [3.63, 3.8) is 0 Å². The number of ether oxygens (including phenoxy) is 2. The zero-order valence-electron chi connectivity index (χ0n) is 13.5. The summed E-state index contributed by atoms with van der Waals surface area (Å²) < 4.78 is 10.4. The molecule has 0 spiro atoms. The van der Waals surface area contributed by atoms with Crippen molar-refractivity contribution >= 4 is 5.91 Å². The third kappa shape index (κ3) is 5.31. The van der Waals surface area contributed by atoms with Crippen molar-refractivity contribution in [1.29, 1.82) is 0 Å². The van der Waals surface area contributed by atoms with Crippen molar-refractivity contribution in [3.05, 3.63) is 29.8 Å². The lowest BCUT2D eigenvalue weighted by molar-refractivity contribution is -0.122. The highest BCUT2D eigenvalue weighted by Gasteiger charge is 2.30. The van der Waals surface area contributed by atoms with Crippen LogP contribution < -0.4 is 10.1 Å². The number of benzene rings is 1. The van der Waals surface area contributed by atoms with Gasteiger partial charge in [0.05, 0.1) is 13.7 Å². The minimum Gasteiger partial charge on any atom is -0.496 e. The van der Waals surface area contributed by atoms with Gasteiger partial charge in [-0.05, 0) is 25.3 Å². The second kappa shape index (κ2) is 8.76. The number of hydrogen-bond donors (Lipinski definition) is 1. The smallest absolute Gasteiger partial charge is 0.234 e. The summed E-state index contributed by atoms with van der Waals surface area (Å²) in [6.07, 6.45) is 3.19. The maximum absolute atomic E-state index is 12.1. The first-order chi connectivity index (χ1) is 10.7. The topological polar surface area (TPSA) is 50.8 Å². The molecule has 0 saturated heterocycles. The summed E-state index contributed by atoms with van der Waals surface area (Å²) in [4.78, 5) is 14.3. The van der Waals surface area contributed by atoms with Gasteiger partial charge in [0, 0.05) is 38.4 Å². The fourth-order valence-corrected chi connectivity index (χ4v) is 2.49. The van der Waals surface area contributed by atoms with Crippen LogP contribution in [0.2, 0.25) is 0 Å². The molecule has 1 N–H and O–H groups in total. The minimum absolute atomic E-state index is 0.0814. The Morgan fingerprint density at radius 1 is 1.32 bits per heavy atom. The quantitative estimate of drug-likeness (QED) is 0.670. The Morgan fingerprint density at radius 2 is 2.09 bits per heavy atom. The second-order valence-electron chi connectivity index (χ2n) is 5.64. The molecule has 1 aliphatic rings. The van der Waals surface area contributed by atoms with Crippen molar-refractivity contribution in [2.45, 2.75) is 31.8 Å². The third-order valence-electron chi connectivity index (χ3n) is 3.82. The van der Waals surface area contributed by atoms with Crippen LogP contribution in [-0.2, 0) is 16.1 Å². The first kappa shape index (κ1) is 16.8. The van der Waals surface area contributed by atoms with E-state index in [1.54, 1.807) is 14.2 Å². The molecule has 5 heteroatoms. The van der Waals surface area contributed by atoms with Gasteiger partial charge in [-0.15, -0.1) is 0 Å². The van der Waals surface area contributed by atoms with Crippen LogP contribution in [0.15, 0.2) is 24.3 Å². The number of carbonyl (C=O) groups excluding carboxylic acids is 1. The maximum atomic E-state index is 12.1. The highest BCUT2D eigenvalue weighted by molar-refractivity contribution is 5.78. The molecule has 1 amide bonds. The summed E-state index contributed by atoms with van der Waals surface area (Å²) in [6, 6.07) is 8.52. The number of hydrogen-bond acceptors (Lipinski definition) is 4. The van der Waals surface area contributed by atoms with E-state index in [0.29, 0.717) is 25.7 Å². The van der Waals surface area contributed by atoms with E-state index in [1.807, 2.05) is 18.2 Å². The molecule has 0 aromatic heterocycles. The van der Waals surface area contributed by atoms with Gasteiger partial charge >= 0.3 is 0 Å². The highest BCUT2D eigenvalue weighted by Crippen LogP contribution is 2.29. The molecule has 1 aromatic rings. The van der Waals surface area contributed by atoms with Gasteiger partial charge in [-0.3, -0.25) is 9.69 Å². The molecule has 122 valence electrons. The number of amides is 1. The van der Waals surface area contributed by atoms with Gasteiger partial charge in [-0.1, -0.05) is 18.2 Å². The fraction of sp³-hybridized carbons (Fsp3) is 0.588. The van der Waals surface area contributed by atoms with Gasteiger partial charge < -0.3 is 14.8 Å². The van der Waals surface area contributed by atoms with Crippen molar-refractivity contribution in [3.8, 4) is 5.75 Å². The molecule has 0 radical (unpaired) electrons. The van der Waals surface area contributed by atoms with Gasteiger partial charge in [0.25, 0.3) is 0 Å². The summed E-state index contributed by atoms with van der Waals surface area (Å²) in [5.41, 5.74) is 1.13. The van der Waals surface area contributed by atoms with Gasteiger partial charge in [0.15, 0.2) is 0 Å². The van der Waals surface area contributed by atoms with Crippen LogP contribution in [0.5, 0.6) is 5.75 Å². The Labute approximate surface area is 132 Å². The molecule has 22 heavy (non-hydrogen) atoms. The largest absolute Gasteiger partial charge is 0.496 e. The summed E-state index contributed by atoms with van der Waals surface area (Å²) in [5.74, 6) is 0.964. The Morgan fingerprint density at radius 3 is 2.77 bits per heavy atom. The molecular weight excluding hydrogens is 280 g/mol. The van der Waals surface area contributed by atoms with Crippen molar-refractivity contribution in [2.75, 3.05) is 33.9 Å². The lowest BCUT2D eigenvalue weighted by Gasteiger charge is -2.22. The average molecular weight is 306 g/mol. The van der Waals surface area contributed by atoms with E-state index in [-0.39, 0.29) is 5.91 Å². The van der Waals surface area contributed by atoms with Gasteiger partial charge in [0.1, 0.15) is 5.75 Å². The zero-order chi connectivity index (χ0) is 15.8. The number of methoxy groups -OCH3 is 2. The summed E-state index contributed by atoms with van der Waals surface area (Å²) in [7, 11) is 3.35. The van der Waals surface area contributed by atoms with Gasteiger partial charge in [-0.2, -0.15) is 0 Å². The monoisotopic (exact) mass is 306 g/mol. The van der Waals surface area contributed by atoms with Crippen molar-refractivity contribution < 1.29 is 14.3 Å². The molecule has 2 rings (SSSR count). The number of nitrogens with one attached hydrogen (secondary N) is 1. The maximum Gasteiger partial charge on any atom is 0.234 e. The van der Waals surface area contributed by atoms with Crippen LogP contribution in [-0.4, -0.2) is 50.8 Å². The van der Waals surface area contributed by atoms with E-state index in [1.165, 1.54) is 12.8 Å². The van der Waals surface area contributed by atoms with E-state index < -0.39 is 0 Å². The molecule has 0 heterocycles. The minimum atomic E-state index is 0.0814. The van der Waals surface area contributed by atoms with Gasteiger partial charge in [0.2, 0.25) is 5.91 Å². The van der Waals surface area contributed by atoms with Crippen LogP contribution in [0.3, 0.4) is 0 Å². The standard InChI is InChI=1S/C17H26N2O3/c1-21-11-5-10-18-17(20)13-19(15-8-9-15)12-14-6-3-4-7-16(14)22-2/h3-4,6-7,15H,5,8-13H2,1-2H3,(H,18,20). The summed E-state index contributed by atoms with van der Waals surface area (Å²) in [6.45, 7) is 2.53. The van der Waals surface area contributed by atoms with E-state index in [2.05, 4.69) is 16.3 Å². The third-order valence-corrected chi connectivity index (χ3v) is 3.82. The Hall–Kier alpha value is -1.59. The Kier molecular flexibility index (Phi) is 6.68. The molecule has 5 nitrogen and oxygen atoms in total. The summed E-state index contributed by atoms with van der Waals surface area (Å²) in [5, 5.41) is 2.95. The predicted octanol–water partition coefficient (Wildman–Crippen LogP) is 1.81. The summed E-state index contributed by atoms with van der Waals surface area (Å²) >= 11 is 0. The van der Waals surface area contributed by atoms with Crippen LogP contribution >= 0.6 is 0 Å². The SMILES string of the molecule is COCCCNC(=O)CN(Cc1ccccc1OC)C1CC1. The Bertz CT molecular complexity index is 475. The van der Waals surface area contributed by atoms with Crippen molar-refractivity contribution in [1.82, 2.24) is 10.2 Å². The van der Waals surface area contributed by atoms with Crippen LogP contribution in [0.4, 0.5) is 0 Å². The average Bonchev–Trinajstić information content (AvgIpc) is 3.36. The van der Waals surface area contributed by atoms with Crippen LogP contribution in [0, 0.1) is 0 Å². The lowest BCUT2D eigenvalue weighted by atomic mass is 10.2. The zero-order valence-corrected chi connectivity index (χ0v) is 13.5. The molecule has 1 aromatic carbocycles. The van der Waals surface area contributed by atoms with Crippen LogP contribution in [0.25, 0.3) is 0 Å². The molecule has 1 aliphatic carbocycles. The van der Waals surface area contributed by atoms with Crippen LogP contribution in [0.1, 0.15) is 24.8 Å². The van der Waals surface area contributed by atoms with E-state index in [9.17, 15) is 4.79 Å². The molecule has 0 aliphatic heterocycles. The number of rotatable bonds is 10. The fourth-order valence-electron chi connectivity index (χ4n) is 2.49.